The van der Waals surface area contributed by atoms with E-state index in [0.717, 1.165) is 30.3 Å². The molecule has 1 atom stereocenters. The van der Waals surface area contributed by atoms with Gasteiger partial charge in [-0.1, -0.05) is 29.5 Å². The van der Waals surface area contributed by atoms with Crippen LogP contribution in [0.25, 0.3) is 5.69 Å². The van der Waals surface area contributed by atoms with E-state index in [1.165, 1.54) is 18.7 Å². The Hall–Kier alpha value is -3.17. The minimum atomic E-state index is -0.413. The summed E-state index contributed by atoms with van der Waals surface area (Å²) in [5, 5.41) is 12.0. The van der Waals surface area contributed by atoms with Gasteiger partial charge in [-0.3, -0.25) is 14.2 Å². The quantitative estimate of drug-likeness (QED) is 0.420. The number of aromatic nitrogens is 3. The van der Waals surface area contributed by atoms with Crippen molar-refractivity contribution >= 4 is 35.1 Å². The molecule has 1 N–H and O–H groups in total. The van der Waals surface area contributed by atoms with Crippen LogP contribution in [0.1, 0.15) is 29.8 Å². The first-order chi connectivity index (χ1) is 15.9. The molecule has 1 fully saturated rings. The summed E-state index contributed by atoms with van der Waals surface area (Å²) in [5.41, 5.74) is 3.36. The minimum Gasteiger partial charge on any atom is -0.378 e. The second kappa shape index (κ2) is 10.2. The number of nitrogens with one attached hydrogen (secondary N) is 1. The first kappa shape index (κ1) is 23.0. The van der Waals surface area contributed by atoms with Crippen LogP contribution in [0.4, 0.5) is 11.6 Å². The highest BCUT2D eigenvalue weighted by Crippen LogP contribution is 2.30. The Morgan fingerprint density at radius 2 is 1.70 bits per heavy atom. The van der Waals surface area contributed by atoms with Gasteiger partial charge in [0.15, 0.2) is 10.9 Å². The molecule has 4 rings (SSSR count). The molecule has 2 aromatic carbocycles. The van der Waals surface area contributed by atoms with E-state index in [1.807, 2.05) is 42.7 Å². The average molecular weight is 466 g/mol. The highest BCUT2D eigenvalue weighted by Gasteiger charge is 2.25. The molecule has 8 nitrogen and oxygen atoms in total. The normalized spacial score (nSPS) is 14.7. The number of Topliss-reactive ketones (excluding diaryl/α,β-unsaturated/α-hetero) is 1. The Morgan fingerprint density at radius 1 is 1.03 bits per heavy atom. The van der Waals surface area contributed by atoms with E-state index < -0.39 is 5.25 Å². The molecule has 1 aliphatic rings. The van der Waals surface area contributed by atoms with Crippen LogP contribution >= 0.6 is 11.8 Å². The number of hydrogen-bond acceptors (Lipinski definition) is 7. The first-order valence-electron chi connectivity index (χ1n) is 10.9. The lowest BCUT2D eigenvalue weighted by Crippen LogP contribution is -2.38. The van der Waals surface area contributed by atoms with Crippen molar-refractivity contribution in [2.75, 3.05) is 36.5 Å². The summed E-state index contributed by atoms with van der Waals surface area (Å²) in [6.07, 6.45) is 0. The van der Waals surface area contributed by atoms with Gasteiger partial charge < -0.3 is 15.0 Å². The predicted octanol–water partition coefficient (Wildman–Crippen LogP) is 3.73. The van der Waals surface area contributed by atoms with Crippen molar-refractivity contribution in [2.24, 2.45) is 0 Å². The molecular weight excluding hydrogens is 438 g/mol. The molecule has 1 amide bonds. The number of amides is 1. The largest absolute Gasteiger partial charge is 0.378 e. The molecule has 0 spiro atoms. The summed E-state index contributed by atoms with van der Waals surface area (Å²) in [6, 6.07) is 15.1. The fraction of sp³-hybridized carbons (Fsp3) is 0.333. The van der Waals surface area contributed by atoms with Gasteiger partial charge in [0, 0.05) is 24.3 Å². The highest BCUT2D eigenvalue weighted by molar-refractivity contribution is 8.00. The zero-order valence-electron chi connectivity index (χ0n) is 18.9. The smallest absolute Gasteiger partial charge is 0.237 e. The number of aryl methyl sites for hydroxylation is 1. The van der Waals surface area contributed by atoms with E-state index in [-0.39, 0.29) is 11.7 Å². The van der Waals surface area contributed by atoms with Crippen LogP contribution in [0.15, 0.2) is 53.7 Å². The number of nitrogens with zero attached hydrogens (tertiary/aromatic N) is 4. The molecule has 9 heteroatoms. The number of benzene rings is 2. The van der Waals surface area contributed by atoms with Crippen LogP contribution in [0.2, 0.25) is 0 Å². The molecule has 0 aliphatic carbocycles. The fourth-order valence-corrected chi connectivity index (χ4v) is 4.33. The standard InChI is InChI=1S/C24H27N5O3S/c1-16-4-10-21(11-5-16)29-23(28-12-14-32-15-13-28)26-27-24(29)33-18(3)22(31)25-20-8-6-19(7-9-20)17(2)30/h4-11,18H,12-15H2,1-3H3,(H,25,31). The average Bonchev–Trinajstić information content (AvgIpc) is 3.24. The van der Waals surface area contributed by atoms with Crippen molar-refractivity contribution in [3.05, 3.63) is 59.7 Å². The molecule has 3 aromatic rings. The minimum absolute atomic E-state index is 0.0108. The molecular formula is C24H27N5O3S. The maximum atomic E-state index is 12.9. The summed E-state index contributed by atoms with van der Waals surface area (Å²) in [6.45, 7) is 8.16. The summed E-state index contributed by atoms with van der Waals surface area (Å²) >= 11 is 1.35. The number of ether oxygens (including phenoxy) is 1. The van der Waals surface area contributed by atoms with E-state index in [9.17, 15) is 9.59 Å². The number of morpholine rings is 1. The van der Waals surface area contributed by atoms with Gasteiger partial charge in [0.1, 0.15) is 0 Å². The van der Waals surface area contributed by atoms with Crippen LogP contribution in [-0.2, 0) is 9.53 Å². The van der Waals surface area contributed by atoms with Crippen LogP contribution < -0.4 is 10.2 Å². The van der Waals surface area contributed by atoms with Gasteiger partial charge >= 0.3 is 0 Å². The molecule has 1 aromatic heterocycles. The lowest BCUT2D eigenvalue weighted by Gasteiger charge is -2.28. The topological polar surface area (TPSA) is 89.3 Å². The molecule has 0 radical (unpaired) electrons. The van der Waals surface area contributed by atoms with Crippen LogP contribution in [0, 0.1) is 6.92 Å². The monoisotopic (exact) mass is 465 g/mol. The third kappa shape index (κ3) is 5.43. The summed E-state index contributed by atoms with van der Waals surface area (Å²) in [7, 11) is 0. The maximum absolute atomic E-state index is 12.9. The van der Waals surface area contributed by atoms with Crippen molar-refractivity contribution in [1.82, 2.24) is 14.8 Å². The molecule has 1 unspecified atom stereocenters. The van der Waals surface area contributed by atoms with E-state index >= 15 is 0 Å². The van der Waals surface area contributed by atoms with Crippen LogP contribution in [-0.4, -0.2) is 58.0 Å². The van der Waals surface area contributed by atoms with E-state index in [1.54, 1.807) is 24.3 Å². The Kier molecular flexibility index (Phi) is 7.10. The molecule has 33 heavy (non-hydrogen) atoms. The number of carbonyl (C=O) groups excluding carboxylic acids is 2. The second-order valence-electron chi connectivity index (χ2n) is 7.94. The number of rotatable bonds is 7. The zero-order valence-corrected chi connectivity index (χ0v) is 19.8. The van der Waals surface area contributed by atoms with Gasteiger partial charge in [0.2, 0.25) is 11.9 Å². The fourth-order valence-electron chi connectivity index (χ4n) is 3.47. The molecule has 0 saturated carbocycles. The number of hydrogen-bond donors (Lipinski definition) is 1. The molecule has 2 heterocycles. The summed E-state index contributed by atoms with van der Waals surface area (Å²) in [5.74, 6) is 0.586. The molecule has 1 saturated heterocycles. The number of anilines is 2. The molecule has 1 aliphatic heterocycles. The summed E-state index contributed by atoms with van der Waals surface area (Å²) < 4.78 is 7.49. The number of ketones is 1. The van der Waals surface area contributed by atoms with Crippen molar-refractivity contribution < 1.29 is 14.3 Å². The predicted molar refractivity (Wildman–Crippen MR) is 130 cm³/mol. The number of thioether (sulfide) groups is 1. The highest BCUT2D eigenvalue weighted by atomic mass is 32.2. The van der Waals surface area contributed by atoms with Gasteiger partial charge in [-0.05, 0) is 57.2 Å². The van der Waals surface area contributed by atoms with E-state index in [4.69, 9.17) is 4.74 Å². The second-order valence-corrected chi connectivity index (χ2v) is 9.24. The third-order valence-electron chi connectivity index (χ3n) is 5.41. The SMILES string of the molecule is CC(=O)c1ccc(NC(=O)C(C)Sc2nnc(N3CCOCC3)n2-c2ccc(C)cc2)cc1. The third-order valence-corrected chi connectivity index (χ3v) is 6.46. The Labute approximate surface area is 197 Å². The van der Waals surface area contributed by atoms with E-state index in [0.29, 0.717) is 29.6 Å². The maximum Gasteiger partial charge on any atom is 0.237 e. The Bertz CT molecular complexity index is 1120. The number of carbonyl (C=O) groups is 2. The Balaban J connectivity index is 1.55. The van der Waals surface area contributed by atoms with Crippen LogP contribution in [0.5, 0.6) is 0 Å². The van der Waals surface area contributed by atoms with Crippen molar-refractivity contribution in [2.45, 2.75) is 31.2 Å². The lowest BCUT2D eigenvalue weighted by atomic mass is 10.1. The van der Waals surface area contributed by atoms with Crippen molar-refractivity contribution in [1.29, 1.82) is 0 Å². The lowest BCUT2D eigenvalue weighted by molar-refractivity contribution is -0.115. The van der Waals surface area contributed by atoms with Crippen molar-refractivity contribution in [3.8, 4) is 5.69 Å². The first-order valence-corrected chi connectivity index (χ1v) is 11.7. The van der Waals surface area contributed by atoms with Gasteiger partial charge in [0.25, 0.3) is 0 Å². The Morgan fingerprint density at radius 3 is 2.33 bits per heavy atom. The summed E-state index contributed by atoms with van der Waals surface area (Å²) in [4.78, 5) is 26.5. The molecule has 172 valence electrons. The van der Waals surface area contributed by atoms with E-state index in [2.05, 4.69) is 20.4 Å². The molecule has 0 bridgehead atoms. The van der Waals surface area contributed by atoms with Gasteiger partial charge in [-0.2, -0.15) is 0 Å². The van der Waals surface area contributed by atoms with Gasteiger partial charge in [-0.15, -0.1) is 10.2 Å². The zero-order chi connectivity index (χ0) is 23.4. The van der Waals surface area contributed by atoms with Crippen LogP contribution in [0.3, 0.4) is 0 Å². The van der Waals surface area contributed by atoms with Gasteiger partial charge in [-0.25, -0.2) is 0 Å². The van der Waals surface area contributed by atoms with Gasteiger partial charge in [0.05, 0.1) is 24.2 Å². The van der Waals surface area contributed by atoms with Crippen molar-refractivity contribution in [3.63, 3.8) is 0 Å².